The summed E-state index contributed by atoms with van der Waals surface area (Å²) in [5.74, 6) is -0.266. The Labute approximate surface area is 155 Å². The van der Waals surface area contributed by atoms with Crippen LogP contribution in [-0.4, -0.2) is 20.5 Å². The van der Waals surface area contributed by atoms with E-state index in [0.717, 1.165) is 24.3 Å². The molecule has 0 fully saturated rings. The second-order valence-electron chi connectivity index (χ2n) is 4.33. The molecular formula is C13H8BrCl2NO6S. The van der Waals surface area contributed by atoms with E-state index >= 15 is 0 Å². The molecule has 2 aromatic rings. The van der Waals surface area contributed by atoms with Crippen LogP contribution in [0.25, 0.3) is 0 Å². The second kappa shape index (κ2) is 7.14. The SMILES string of the molecule is COc1c(Br)cc(Cl)cc1S(=O)(=O)Oc1ccc([N+](=O)[O-])cc1Cl. The summed E-state index contributed by atoms with van der Waals surface area (Å²) in [5.41, 5.74) is -0.298. The number of rotatable bonds is 5. The lowest BCUT2D eigenvalue weighted by molar-refractivity contribution is -0.384. The minimum atomic E-state index is -4.35. The highest BCUT2D eigenvalue weighted by Gasteiger charge is 2.26. The third-order valence-electron chi connectivity index (χ3n) is 2.77. The van der Waals surface area contributed by atoms with E-state index in [9.17, 15) is 18.5 Å². The highest BCUT2D eigenvalue weighted by atomic mass is 79.9. The van der Waals surface area contributed by atoms with Gasteiger partial charge < -0.3 is 8.92 Å². The molecule has 0 aliphatic heterocycles. The first kappa shape index (κ1) is 18.8. The minimum absolute atomic E-state index is 0.00238. The van der Waals surface area contributed by atoms with Crippen LogP contribution in [0.5, 0.6) is 11.5 Å². The average molecular weight is 457 g/mol. The maximum atomic E-state index is 12.5. The Morgan fingerprint density at radius 3 is 2.42 bits per heavy atom. The van der Waals surface area contributed by atoms with E-state index in [2.05, 4.69) is 15.9 Å². The molecule has 11 heteroatoms. The number of halogens is 3. The van der Waals surface area contributed by atoms with Gasteiger partial charge in [0.05, 0.1) is 21.5 Å². The van der Waals surface area contributed by atoms with E-state index < -0.39 is 15.0 Å². The van der Waals surface area contributed by atoms with Gasteiger partial charge in [0.15, 0.2) is 16.4 Å². The van der Waals surface area contributed by atoms with Crippen molar-refractivity contribution in [1.29, 1.82) is 0 Å². The molecule has 0 spiro atoms. The summed E-state index contributed by atoms with van der Waals surface area (Å²) in [6, 6.07) is 5.75. The summed E-state index contributed by atoms with van der Waals surface area (Å²) in [6.45, 7) is 0. The lowest BCUT2D eigenvalue weighted by Crippen LogP contribution is -2.12. The molecule has 24 heavy (non-hydrogen) atoms. The Balaban J connectivity index is 2.48. The van der Waals surface area contributed by atoms with Gasteiger partial charge in [-0.25, -0.2) is 0 Å². The lowest BCUT2D eigenvalue weighted by Gasteiger charge is -2.13. The van der Waals surface area contributed by atoms with Crippen LogP contribution < -0.4 is 8.92 Å². The fraction of sp³-hybridized carbons (Fsp3) is 0.0769. The van der Waals surface area contributed by atoms with Gasteiger partial charge in [0, 0.05) is 17.2 Å². The normalized spacial score (nSPS) is 11.2. The molecule has 0 unspecified atom stereocenters. The molecule has 7 nitrogen and oxygen atoms in total. The molecule has 0 aliphatic carbocycles. The first-order valence-corrected chi connectivity index (χ1v) is 9.03. The van der Waals surface area contributed by atoms with Crippen molar-refractivity contribution in [2.24, 2.45) is 0 Å². The van der Waals surface area contributed by atoms with E-state index in [-0.39, 0.29) is 32.1 Å². The Morgan fingerprint density at radius 1 is 1.21 bits per heavy atom. The number of hydrogen-bond acceptors (Lipinski definition) is 6. The van der Waals surface area contributed by atoms with E-state index in [1.54, 1.807) is 0 Å². The summed E-state index contributed by atoms with van der Waals surface area (Å²) in [5, 5.41) is 10.6. The Kier molecular flexibility index (Phi) is 5.59. The number of nitro benzene ring substituents is 1. The summed E-state index contributed by atoms with van der Waals surface area (Å²) in [4.78, 5) is 9.70. The van der Waals surface area contributed by atoms with Crippen molar-refractivity contribution < 1.29 is 22.3 Å². The molecule has 0 radical (unpaired) electrons. The van der Waals surface area contributed by atoms with Gasteiger partial charge in [-0.2, -0.15) is 8.42 Å². The predicted octanol–water partition coefficient (Wildman–Crippen LogP) is 4.44. The van der Waals surface area contributed by atoms with Crippen LogP contribution in [0.1, 0.15) is 0 Å². The van der Waals surface area contributed by atoms with Gasteiger partial charge in [-0.1, -0.05) is 23.2 Å². The lowest BCUT2D eigenvalue weighted by atomic mass is 10.3. The molecule has 2 aromatic carbocycles. The first-order chi connectivity index (χ1) is 11.2. The zero-order chi connectivity index (χ0) is 18.1. The van der Waals surface area contributed by atoms with Crippen molar-refractivity contribution in [3.63, 3.8) is 0 Å². The number of nitro groups is 1. The minimum Gasteiger partial charge on any atom is -0.494 e. The van der Waals surface area contributed by atoms with Crippen LogP contribution >= 0.6 is 39.1 Å². The van der Waals surface area contributed by atoms with Gasteiger partial charge in [0.1, 0.15) is 0 Å². The fourth-order valence-electron chi connectivity index (χ4n) is 1.75. The number of non-ortho nitro benzene ring substituents is 1. The predicted molar refractivity (Wildman–Crippen MR) is 91.6 cm³/mol. The number of ether oxygens (including phenoxy) is 1. The van der Waals surface area contributed by atoms with Gasteiger partial charge in [-0.3, -0.25) is 10.1 Å². The molecule has 0 aliphatic rings. The maximum absolute atomic E-state index is 12.5. The van der Waals surface area contributed by atoms with Gasteiger partial charge in [-0.15, -0.1) is 0 Å². The van der Waals surface area contributed by atoms with Crippen molar-refractivity contribution in [2.45, 2.75) is 4.90 Å². The molecule has 2 rings (SSSR count). The third kappa shape index (κ3) is 3.92. The van der Waals surface area contributed by atoms with Crippen molar-refractivity contribution in [2.75, 3.05) is 7.11 Å². The Morgan fingerprint density at radius 2 is 1.88 bits per heavy atom. The van der Waals surface area contributed by atoms with Crippen LogP contribution in [0.2, 0.25) is 10.0 Å². The average Bonchev–Trinajstić information content (AvgIpc) is 2.48. The van der Waals surface area contributed by atoms with Gasteiger partial charge >= 0.3 is 10.1 Å². The smallest absolute Gasteiger partial charge is 0.343 e. The zero-order valence-electron chi connectivity index (χ0n) is 11.8. The summed E-state index contributed by atoms with van der Waals surface area (Å²) < 4.78 is 35.3. The number of hydrogen-bond donors (Lipinski definition) is 0. The van der Waals surface area contributed by atoms with Crippen LogP contribution in [0.4, 0.5) is 5.69 Å². The summed E-state index contributed by atoms with van der Waals surface area (Å²) in [7, 11) is -3.07. The van der Waals surface area contributed by atoms with Crippen molar-refractivity contribution in [3.8, 4) is 11.5 Å². The number of benzene rings is 2. The number of methoxy groups -OCH3 is 1. The summed E-state index contributed by atoms with van der Waals surface area (Å²) in [6.07, 6.45) is 0. The molecule has 0 N–H and O–H groups in total. The molecule has 0 heterocycles. The Bertz CT molecular complexity index is 919. The molecule has 0 aromatic heterocycles. The highest BCUT2D eigenvalue weighted by Crippen LogP contribution is 2.38. The van der Waals surface area contributed by atoms with Gasteiger partial charge in [-0.05, 0) is 34.1 Å². The van der Waals surface area contributed by atoms with Crippen molar-refractivity contribution >= 4 is 54.9 Å². The quantitative estimate of drug-likeness (QED) is 0.375. The van der Waals surface area contributed by atoms with Gasteiger partial charge in [0.2, 0.25) is 0 Å². The molecule has 128 valence electrons. The van der Waals surface area contributed by atoms with Crippen LogP contribution in [0, 0.1) is 10.1 Å². The standard InChI is InChI=1S/C13H8BrCl2NO6S/c1-22-13-9(14)4-7(15)5-12(13)24(20,21)23-11-3-2-8(17(18)19)6-10(11)16/h2-6H,1H3. The molecule has 0 saturated carbocycles. The Hall–Kier alpha value is -1.55. The second-order valence-corrected chi connectivity index (χ2v) is 7.54. The van der Waals surface area contributed by atoms with E-state index in [4.69, 9.17) is 32.1 Å². The molecule has 0 atom stereocenters. The fourth-order valence-corrected chi connectivity index (χ4v) is 4.34. The molecule has 0 bridgehead atoms. The van der Waals surface area contributed by atoms with Crippen LogP contribution in [0.15, 0.2) is 39.7 Å². The maximum Gasteiger partial charge on any atom is 0.343 e. The van der Waals surface area contributed by atoms with Crippen LogP contribution in [0.3, 0.4) is 0 Å². The molecule has 0 saturated heterocycles. The van der Waals surface area contributed by atoms with Gasteiger partial charge in [0.25, 0.3) is 5.69 Å². The first-order valence-electron chi connectivity index (χ1n) is 6.07. The largest absolute Gasteiger partial charge is 0.494 e. The molecule has 0 amide bonds. The van der Waals surface area contributed by atoms with Crippen molar-refractivity contribution in [1.82, 2.24) is 0 Å². The monoisotopic (exact) mass is 455 g/mol. The highest BCUT2D eigenvalue weighted by molar-refractivity contribution is 9.10. The summed E-state index contributed by atoms with van der Waals surface area (Å²) >= 11 is 14.9. The zero-order valence-corrected chi connectivity index (χ0v) is 15.7. The van der Waals surface area contributed by atoms with E-state index in [0.29, 0.717) is 4.47 Å². The van der Waals surface area contributed by atoms with Crippen LogP contribution in [-0.2, 0) is 10.1 Å². The van der Waals surface area contributed by atoms with E-state index in [1.165, 1.54) is 13.2 Å². The topological polar surface area (TPSA) is 95.7 Å². The third-order valence-corrected chi connectivity index (χ3v) is 5.12. The van der Waals surface area contributed by atoms with Crippen molar-refractivity contribution in [3.05, 3.63) is 55.0 Å². The van der Waals surface area contributed by atoms with E-state index in [1.807, 2.05) is 0 Å². The molecular weight excluding hydrogens is 449 g/mol. The number of nitrogens with zero attached hydrogens (tertiary/aromatic N) is 1.